The Morgan fingerprint density at radius 1 is 1.00 bits per heavy atom. The van der Waals surface area contributed by atoms with Crippen molar-refractivity contribution >= 4 is 0 Å². The van der Waals surface area contributed by atoms with Crippen LogP contribution in [0.3, 0.4) is 0 Å². The minimum atomic E-state index is 0.347. The van der Waals surface area contributed by atoms with Gasteiger partial charge in [-0.2, -0.15) is 0 Å². The van der Waals surface area contributed by atoms with Gasteiger partial charge < -0.3 is 10.1 Å². The lowest BCUT2D eigenvalue weighted by atomic mass is 10.2. The highest BCUT2D eigenvalue weighted by molar-refractivity contribution is 4.61. The van der Waals surface area contributed by atoms with Gasteiger partial charge in [0.2, 0.25) is 0 Å². The molecule has 2 heteroatoms. The largest absolute Gasteiger partial charge is 0.377 e. The van der Waals surface area contributed by atoms with E-state index in [-0.39, 0.29) is 0 Å². The third-order valence-corrected chi connectivity index (χ3v) is 3.02. The average Bonchev–Trinajstić information content (AvgIpc) is 2.30. The van der Waals surface area contributed by atoms with Crippen molar-refractivity contribution in [2.45, 2.75) is 78.4 Å². The smallest absolute Gasteiger partial charge is 0.0671 e. The zero-order chi connectivity index (χ0) is 12.2. The molecule has 98 valence electrons. The molecule has 0 spiro atoms. The van der Waals surface area contributed by atoms with E-state index < -0.39 is 0 Å². The molecular formula is C14H31NO. The summed E-state index contributed by atoms with van der Waals surface area (Å²) in [6.45, 7) is 10.7. The zero-order valence-electron chi connectivity index (χ0n) is 11.7. The van der Waals surface area contributed by atoms with Gasteiger partial charge in [0, 0.05) is 19.2 Å². The molecule has 0 rings (SSSR count). The molecule has 0 radical (unpaired) electrons. The molecule has 0 aromatic carbocycles. The number of hydrogen-bond donors (Lipinski definition) is 1. The van der Waals surface area contributed by atoms with Crippen LogP contribution in [-0.2, 0) is 4.74 Å². The van der Waals surface area contributed by atoms with Crippen molar-refractivity contribution in [3.8, 4) is 0 Å². The molecule has 0 fully saturated rings. The Kier molecular flexibility index (Phi) is 11.3. The standard InChI is InChI=1S/C14H31NO/c1-5-7-8-9-10-11-16-14(4)12-15-13(3)6-2/h13-15H,5-12H2,1-4H3. The van der Waals surface area contributed by atoms with E-state index in [0.717, 1.165) is 13.2 Å². The monoisotopic (exact) mass is 229 g/mol. The van der Waals surface area contributed by atoms with Gasteiger partial charge in [-0.3, -0.25) is 0 Å². The summed E-state index contributed by atoms with van der Waals surface area (Å²) in [7, 11) is 0. The van der Waals surface area contributed by atoms with Crippen LogP contribution in [0.25, 0.3) is 0 Å². The maximum Gasteiger partial charge on any atom is 0.0671 e. The molecule has 0 aliphatic heterocycles. The van der Waals surface area contributed by atoms with Crippen LogP contribution in [0.4, 0.5) is 0 Å². The second kappa shape index (κ2) is 11.4. The lowest BCUT2D eigenvalue weighted by Gasteiger charge is -2.17. The highest BCUT2D eigenvalue weighted by atomic mass is 16.5. The van der Waals surface area contributed by atoms with Crippen molar-refractivity contribution in [1.29, 1.82) is 0 Å². The Balaban J connectivity index is 3.20. The molecule has 0 aliphatic rings. The SMILES string of the molecule is CCCCCCCOC(C)CNC(C)CC. The summed E-state index contributed by atoms with van der Waals surface area (Å²) >= 11 is 0. The van der Waals surface area contributed by atoms with Crippen molar-refractivity contribution < 1.29 is 4.74 Å². The summed E-state index contributed by atoms with van der Waals surface area (Å²) in [5.74, 6) is 0. The van der Waals surface area contributed by atoms with Crippen LogP contribution in [0.2, 0.25) is 0 Å². The van der Waals surface area contributed by atoms with Gasteiger partial charge in [-0.15, -0.1) is 0 Å². The Labute approximate surface area is 102 Å². The first-order valence-electron chi connectivity index (χ1n) is 7.05. The van der Waals surface area contributed by atoms with E-state index in [0.29, 0.717) is 12.1 Å². The van der Waals surface area contributed by atoms with Crippen molar-refractivity contribution in [2.24, 2.45) is 0 Å². The molecule has 2 atom stereocenters. The lowest BCUT2D eigenvalue weighted by Crippen LogP contribution is -2.33. The molecule has 0 bridgehead atoms. The van der Waals surface area contributed by atoms with Crippen molar-refractivity contribution in [2.75, 3.05) is 13.2 Å². The quantitative estimate of drug-likeness (QED) is 0.545. The predicted octanol–water partition coefficient (Wildman–Crippen LogP) is 3.75. The van der Waals surface area contributed by atoms with Crippen molar-refractivity contribution in [1.82, 2.24) is 5.32 Å². The number of hydrogen-bond acceptors (Lipinski definition) is 2. The molecule has 2 unspecified atom stereocenters. The topological polar surface area (TPSA) is 21.3 Å². The molecule has 0 saturated heterocycles. The average molecular weight is 229 g/mol. The Hall–Kier alpha value is -0.0800. The van der Waals surface area contributed by atoms with Gasteiger partial charge in [0.25, 0.3) is 0 Å². The fourth-order valence-corrected chi connectivity index (χ4v) is 1.56. The fraction of sp³-hybridized carbons (Fsp3) is 1.00. The molecule has 0 aromatic heterocycles. The minimum absolute atomic E-state index is 0.347. The van der Waals surface area contributed by atoms with E-state index in [9.17, 15) is 0 Å². The molecule has 0 heterocycles. The van der Waals surface area contributed by atoms with Crippen molar-refractivity contribution in [3.63, 3.8) is 0 Å². The number of nitrogens with one attached hydrogen (secondary N) is 1. The lowest BCUT2D eigenvalue weighted by molar-refractivity contribution is 0.0613. The van der Waals surface area contributed by atoms with Crippen LogP contribution in [-0.4, -0.2) is 25.3 Å². The molecule has 0 aromatic rings. The van der Waals surface area contributed by atoms with Crippen LogP contribution in [0.1, 0.15) is 66.2 Å². The van der Waals surface area contributed by atoms with Gasteiger partial charge in [-0.1, -0.05) is 39.5 Å². The van der Waals surface area contributed by atoms with Crippen LogP contribution >= 0.6 is 0 Å². The van der Waals surface area contributed by atoms with Crippen LogP contribution in [0.15, 0.2) is 0 Å². The van der Waals surface area contributed by atoms with E-state index in [1.54, 1.807) is 0 Å². The Bertz CT molecular complexity index is 139. The van der Waals surface area contributed by atoms with Gasteiger partial charge in [0.1, 0.15) is 0 Å². The molecule has 0 saturated carbocycles. The first kappa shape index (κ1) is 15.9. The number of ether oxygens (including phenoxy) is 1. The van der Waals surface area contributed by atoms with Crippen LogP contribution in [0, 0.1) is 0 Å². The van der Waals surface area contributed by atoms with Crippen LogP contribution in [0.5, 0.6) is 0 Å². The van der Waals surface area contributed by atoms with Gasteiger partial charge in [-0.25, -0.2) is 0 Å². The van der Waals surface area contributed by atoms with E-state index in [4.69, 9.17) is 4.74 Å². The third kappa shape index (κ3) is 10.4. The van der Waals surface area contributed by atoms with Gasteiger partial charge in [0.05, 0.1) is 6.10 Å². The second-order valence-corrected chi connectivity index (χ2v) is 4.81. The predicted molar refractivity (Wildman–Crippen MR) is 71.9 cm³/mol. The van der Waals surface area contributed by atoms with E-state index in [2.05, 4.69) is 33.0 Å². The second-order valence-electron chi connectivity index (χ2n) is 4.81. The zero-order valence-corrected chi connectivity index (χ0v) is 11.7. The minimum Gasteiger partial charge on any atom is -0.377 e. The summed E-state index contributed by atoms with van der Waals surface area (Å²) in [5.41, 5.74) is 0. The molecule has 16 heavy (non-hydrogen) atoms. The van der Waals surface area contributed by atoms with E-state index in [1.165, 1.54) is 38.5 Å². The van der Waals surface area contributed by atoms with Gasteiger partial charge in [-0.05, 0) is 26.7 Å². The van der Waals surface area contributed by atoms with E-state index in [1.807, 2.05) is 0 Å². The van der Waals surface area contributed by atoms with E-state index >= 15 is 0 Å². The van der Waals surface area contributed by atoms with Gasteiger partial charge in [0.15, 0.2) is 0 Å². The molecule has 0 aliphatic carbocycles. The Morgan fingerprint density at radius 3 is 2.31 bits per heavy atom. The third-order valence-electron chi connectivity index (χ3n) is 3.02. The molecule has 0 amide bonds. The number of rotatable bonds is 11. The summed E-state index contributed by atoms with van der Waals surface area (Å²) in [6.07, 6.45) is 8.11. The maximum absolute atomic E-state index is 5.75. The highest BCUT2D eigenvalue weighted by Gasteiger charge is 2.03. The summed E-state index contributed by atoms with van der Waals surface area (Å²) < 4.78 is 5.75. The fourth-order valence-electron chi connectivity index (χ4n) is 1.56. The summed E-state index contributed by atoms with van der Waals surface area (Å²) in [4.78, 5) is 0. The maximum atomic E-state index is 5.75. The first-order valence-corrected chi connectivity index (χ1v) is 7.05. The molecular weight excluding hydrogens is 198 g/mol. The Morgan fingerprint density at radius 2 is 1.69 bits per heavy atom. The van der Waals surface area contributed by atoms with Gasteiger partial charge >= 0.3 is 0 Å². The normalized spacial score (nSPS) is 15.0. The number of unbranched alkanes of at least 4 members (excludes halogenated alkanes) is 4. The van der Waals surface area contributed by atoms with Crippen molar-refractivity contribution in [3.05, 3.63) is 0 Å². The summed E-state index contributed by atoms with van der Waals surface area (Å²) in [6, 6.07) is 0.607. The molecule has 2 nitrogen and oxygen atoms in total. The highest BCUT2D eigenvalue weighted by Crippen LogP contribution is 2.03. The molecule has 1 N–H and O–H groups in total. The first-order chi connectivity index (χ1) is 7.70. The van der Waals surface area contributed by atoms with Crippen LogP contribution < -0.4 is 5.32 Å². The summed E-state index contributed by atoms with van der Waals surface area (Å²) in [5, 5.41) is 3.47.